The van der Waals surface area contributed by atoms with E-state index in [1.54, 1.807) is 4.68 Å². The summed E-state index contributed by atoms with van der Waals surface area (Å²) in [5, 5.41) is 4.29. The molecule has 4 heterocycles. The lowest BCUT2D eigenvalue weighted by molar-refractivity contribution is -0.219. The van der Waals surface area contributed by atoms with Gasteiger partial charge in [-0.15, -0.1) is 0 Å². The van der Waals surface area contributed by atoms with E-state index in [9.17, 15) is 9.59 Å². The van der Waals surface area contributed by atoms with Gasteiger partial charge in [0.25, 0.3) is 11.8 Å². The van der Waals surface area contributed by atoms with E-state index >= 15 is 0 Å². The number of ether oxygens (including phenoxy) is 2. The number of aryl methyl sites for hydroxylation is 2. The first kappa shape index (κ1) is 20.0. The highest BCUT2D eigenvalue weighted by Crippen LogP contribution is 2.46. The van der Waals surface area contributed by atoms with E-state index in [1.165, 1.54) is 12.8 Å². The van der Waals surface area contributed by atoms with Gasteiger partial charge in [-0.3, -0.25) is 14.3 Å². The Labute approximate surface area is 177 Å². The van der Waals surface area contributed by atoms with Crippen molar-refractivity contribution in [3.05, 3.63) is 17.5 Å². The molecule has 3 saturated heterocycles. The molecule has 1 atom stereocenters. The van der Waals surface area contributed by atoms with E-state index < -0.39 is 0 Å². The van der Waals surface area contributed by atoms with Crippen LogP contribution in [0.4, 0.5) is 0 Å². The third-order valence-electron chi connectivity index (χ3n) is 7.32. The highest BCUT2D eigenvalue weighted by atomic mass is 16.5. The summed E-state index contributed by atoms with van der Waals surface area (Å²) in [5.74, 6) is 0.816. The van der Waals surface area contributed by atoms with Gasteiger partial charge in [-0.25, -0.2) is 0 Å². The molecule has 164 valence electrons. The summed E-state index contributed by atoms with van der Waals surface area (Å²) < 4.78 is 13.4. The highest BCUT2D eigenvalue weighted by molar-refractivity contribution is 5.93. The number of hydrogen-bond donors (Lipinski definition) is 0. The Morgan fingerprint density at radius 1 is 1.23 bits per heavy atom. The summed E-state index contributed by atoms with van der Waals surface area (Å²) in [6, 6.07) is 2.01. The smallest absolute Gasteiger partial charge is 0.272 e. The topological polar surface area (TPSA) is 76.9 Å². The molecule has 1 spiro atoms. The van der Waals surface area contributed by atoms with Crippen LogP contribution < -0.4 is 0 Å². The number of β-lactam (4-membered cyclic amide) rings is 1. The van der Waals surface area contributed by atoms with Crippen molar-refractivity contribution >= 4 is 11.8 Å². The van der Waals surface area contributed by atoms with Crippen LogP contribution >= 0.6 is 0 Å². The van der Waals surface area contributed by atoms with Crippen LogP contribution in [0.15, 0.2) is 6.07 Å². The van der Waals surface area contributed by atoms with Gasteiger partial charge >= 0.3 is 0 Å². The van der Waals surface area contributed by atoms with Crippen molar-refractivity contribution in [1.29, 1.82) is 0 Å². The minimum atomic E-state index is -0.306. The number of nitrogens with zero attached hydrogens (tertiary/aromatic N) is 4. The molecule has 1 aromatic rings. The second-order valence-corrected chi connectivity index (χ2v) is 9.40. The average molecular weight is 417 g/mol. The van der Waals surface area contributed by atoms with Crippen molar-refractivity contribution in [2.75, 3.05) is 32.9 Å². The van der Waals surface area contributed by atoms with Crippen molar-refractivity contribution in [3.63, 3.8) is 0 Å². The zero-order chi connectivity index (χ0) is 20.9. The standard InChI is InChI=1S/C22H32N4O4/c1-15-13-18(24(2)23-15)20(27)25-9-5-17(6-10-25)26-21(28)19(30-14-16-3-4-16)22(26)7-11-29-12-8-22/h13,16-17,19H,3-12,14H2,1-2H3. The molecule has 0 radical (unpaired) electrons. The first-order valence-electron chi connectivity index (χ1n) is 11.3. The zero-order valence-corrected chi connectivity index (χ0v) is 18.0. The van der Waals surface area contributed by atoms with E-state index in [0.29, 0.717) is 44.5 Å². The van der Waals surface area contributed by atoms with Gasteiger partial charge in [-0.1, -0.05) is 0 Å². The summed E-state index contributed by atoms with van der Waals surface area (Å²) >= 11 is 0. The van der Waals surface area contributed by atoms with Crippen molar-refractivity contribution in [2.24, 2.45) is 13.0 Å². The van der Waals surface area contributed by atoms with Gasteiger partial charge in [0.05, 0.1) is 17.8 Å². The number of carbonyl (C=O) groups excluding carboxylic acids is 2. The number of amides is 2. The molecule has 8 heteroatoms. The average Bonchev–Trinajstić information content (AvgIpc) is 3.51. The van der Waals surface area contributed by atoms with Crippen LogP contribution in [0.2, 0.25) is 0 Å². The van der Waals surface area contributed by atoms with E-state index in [-0.39, 0.29) is 29.5 Å². The Bertz CT molecular complexity index is 819. The minimum absolute atomic E-state index is 0.0258. The quantitative estimate of drug-likeness (QED) is 0.681. The Morgan fingerprint density at radius 2 is 1.93 bits per heavy atom. The largest absolute Gasteiger partial charge is 0.381 e. The van der Waals surface area contributed by atoms with Gasteiger partial charge in [0, 0.05) is 39.4 Å². The molecular formula is C22H32N4O4. The summed E-state index contributed by atoms with van der Waals surface area (Å²) in [4.78, 5) is 30.0. The van der Waals surface area contributed by atoms with Crippen LogP contribution in [0, 0.1) is 12.8 Å². The van der Waals surface area contributed by atoms with Gasteiger partial charge in [0.1, 0.15) is 5.69 Å². The highest BCUT2D eigenvalue weighted by Gasteiger charge is 2.63. The van der Waals surface area contributed by atoms with Crippen molar-refractivity contribution < 1.29 is 19.1 Å². The number of piperidine rings is 1. The van der Waals surface area contributed by atoms with E-state index in [2.05, 4.69) is 10.00 Å². The summed E-state index contributed by atoms with van der Waals surface area (Å²) in [5.41, 5.74) is 1.27. The summed E-state index contributed by atoms with van der Waals surface area (Å²) in [6.45, 7) is 5.31. The molecule has 1 unspecified atom stereocenters. The molecule has 1 aliphatic carbocycles. The molecule has 0 aromatic carbocycles. The van der Waals surface area contributed by atoms with Crippen molar-refractivity contribution in [3.8, 4) is 0 Å². The number of rotatable bonds is 5. The lowest BCUT2D eigenvalue weighted by Gasteiger charge is -2.62. The number of likely N-dealkylation sites (tertiary alicyclic amines) is 2. The Hall–Kier alpha value is -1.93. The molecule has 4 fully saturated rings. The zero-order valence-electron chi connectivity index (χ0n) is 18.0. The maximum atomic E-state index is 13.1. The van der Waals surface area contributed by atoms with Crippen molar-refractivity contribution in [2.45, 2.75) is 63.1 Å². The van der Waals surface area contributed by atoms with Gasteiger partial charge in [-0.2, -0.15) is 5.10 Å². The molecule has 0 N–H and O–H groups in total. The fourth-order valence-corrected chi connectivity index (χ4v) is 5.45. The van der Waals surface area contributed by atoms with Crippen molar-refractivity contribution in [1.82, 2.24) is 19.6 Å². The van der Waals surface area contributed by atoms with Gasteiger partial charge in [0.15, 0.2) is 6.10 Å². The molecule has 4 aliphatic rings. The minimum Gasteiger partial charge on any atom is -0.381 e. The third kappa shape index (κ3) is 3.34. The maximum Gasteiger partial charge on any atom is 0.272 e. The Morgan fingerprint density at radius 3 is 2.53 bits per heavy atom. The Kier molecular flexibility index (Phi) is 5.09. The normalized spacial score (nSPS) is 26.9. The molecular weight excluding hydrogens is 384 g/mol. The van der Waals surface area contributed by atoms with Crippen LogP contribution in [0.3, 0.4) is 0 Å². The molecule has 5 rings (SSSR count). The molecule has 1 saturated carbocycles. The second kappa shape index (κ2) is 7.64. The van der Waals surface area contributed by atoms with E-state index in [0.717, 1.165) is 31.4 Å². The maximum absolute atomic E-state index is 13.1. The summed E-state index contributed by atoms with van der Waals surface area (Å²) in [6.07, 6.45) is 5.47. The molecule has 3 aliphatic heterocycles. The molecule has 2 amide bonds. The van der Waals surface area contributed by atoms with Crippen LogP contribution in [0.1, 0.15) is 54.7 Å². The van der Waals surface area contributed by atoms with Gasteiger partial charge in [0.2, 0.25) is 0 Å². The Balaban J connectivity index is 1.25. The fraction of sp³-hybridized carbons (Fsp3) is 0.773. The fourth-order valence-electron chi connectivity index (χ4n) is 5.45. The van der Waals surface area contributed by atoms with E-state index in [1.807, 2.05) is 24.9 Å². The SMILES string of the molecule is Cc1cc(C(=O)N2CCC(N3C(=O)C(OCC4CC4)C34CCOCC4)CC2)n(C)n1. The van der Waals surface area contributed by atoms with Crippen LogP contribution in [-0.4, -0.2) is 82.0 Å². The predicted octanol–water partition coefficient (Wildman–Crippen LogP) is 1.52. The monoisotopic (exact) mass is 416 g/mol. The lowest BCUT2D eigenvalue weighted by Crippen LogP contribution is -2.79. The number of hydrogen-bond acceptors (Lipinski definition) is 5. The van der Waals surface area contributed by atoms with E-state index in [4.69, 9.17) is 9.47 Å². The molecule has 0 bridgehead atoms. The number of carbonyl (C=O) groups is 2. The third-order valence-corrected chi connectivity index (χ3v) is 7.32. The molecule has 30 heavy (non-hydrogen) atoms. The van der Waals surface area contributed by atoms with Gasteiger partial charge in [-0.05, 0) is 57.4 Å². The van der Waals surface area contributed by atoms with Crippen LogP contribution in [0.5, 0.6) is 0 Å². The van der Waals surface area contributed by atoms with Crippen LogP contribution in [0.25, 0.3) is 0 Å². The van der Waals surface area contributed by atoms with Gasteiger partial charge < -0.3 is 19.3 Å². The number of aromatic nitrogens is 2. The molecule has 8 nitrogen and oxygen atoms in total. The second-order valence-electron chi connectivity index (χ2n) is 9.40. The lowest BCUT2D eigenvalue weighted by atomic mass is 9.72. The predicted molar refractivity (Wildman–Crippen MR) is 109 cm³/mol. The first-order valence-corrected chi connectivity index (χ1v) is 11.3. The first-order chi connectivity index (χ1) is 14.5. The molecule has 1 aromatic heterocycles. The van der Waals surface area contributed by atoms with Crippen LogP contribution in [-0.2, 0) is 21.3 Å². The summed E-state index contributed by atoms with van der Waals surface area (Å²) in [7, 11) is 1.81.